The standard InChI is InChI=1S/C5H12N.C2H5OS.2ClH.Sn/c1-3-4-5(2)6;1-4-2-3;;;/h5H,1,3-4,6H2,2H3;2H2,1H3;2*1H;/q;-1;;;+3/p-2. The van der Waals surface area contributed by atoms with Crippen LogP contribution in [0.5, 0.6) is 0 Å². The molecule has 0 aliphatic heterocycles. The predicted octanol–water partition coefficient (Wildman–Crippen LogP) is 2.87. The fourth-order valence-corrected chi connectivity index (χ4v) is 9.38. The van der Waals surface area contributed by atoms with Gasteiger partial charge in [0.25, 0.3) is 0 Å². The first kappa shape index (κ1) is 14.6. The van der Waals surface area contributed by atoms with Gasteiger partial charge in [0, 0.05) is 0 Å². The van der Waals surface area contributed by atoms with Crippen molar-refractivity contribution in [1.82, 2.24) is 0 Å². The Hall–Kier alpha value is 1.65. The summed E-state index contributed by atoms with van der Waals surface area (Å²) in [6, 6.07) is 0.232. The quantitative estimate of drug-likeness (QED) is 0.565. The third-order valence-corrected chi connectivity index (χ3v) is 10.8. The summed E-state index contributed by atoms with van der Waals surface area (Å²) in [4.78, 5) is 0. The van der Waals surface area contributed by atoms with Crippen molar-refractivity contribution in [2.24, 2.45) is 5.73 Å². The van der Waals surface area contributed by atoms with Crippen molar-refractivity contribution in [3.05, 3.63) is 0 Å². The Balaban J connectivity index is 3.50. The summed E-state index contributed by atoms with van der Waals surface area (Å²) < 4.78 is 6.26. The maximum absolute atomic E-state index is 6.10. The van der Waals surface area contributed by atoms with Crippen LogP contribution in [0.2, 0.25) is 4.44 Å². The van der Waals surface area contributed by atoms with Crippen molar-refractivity contribution in [3.63, 3.8) is 0 Å². The van der Waals surface area contributed by atoms with Gasteiger partial charge < -0.3 is 0 Å². The molecule has 0 aliphatic carbocycles. The van der Waals surface area contributed by atoms with Crippen LogP contribution in [0.1, 0.15) is 19.8 Å². The van der Waals surface area contributed by atoms with Crippen LogP contribution in [0.3, 0.4) is 0 Å². The van der Waals surface area contributed by atoms with E-state index < -0.39 is 16.5 Å². The topological polar surface area (TPSA) is 35.2 Å². The van der Waals surface area contributed by atoms with E-state index in [-0.39, 0.29) is 6.04 Å². The van der Waals surface area contributed by atoms with Gasteiger partial charge in [-0.3, -0.25) is 0 Å². The van der Waals surface area contributed by atoms with Crippen molar-refractivity contribution in [1.29, 1.82) is 0 Å². The second-order valence-electron chi connectivity index (χ2n) is 3.06. The van der Waals surface area contributed by atoms with Gasteiger partial charge in [-0.15, -0.1) is 0 Å². The van der Waals surface area contributed by atoms with Crippen molar-refractivity contribution in [2.75, 3.05) is 12.2 Å². The van der Waals surface area contributed by atoms with E-state index in [9.17, 15) is 0 Å². The van der Waals surface area contributed by atoms with Crippen molar-refractivity contribution in [3.8, 4) is 0 Å². The van der Waals surface area contributed by atoms with Gasteiger partial charge in [0.15, 0.2) is 0 Å². The first-order valence-electron chi connectivity index (χ1n) is 4.24. The third-order valence-electron chi connectivity index (χ3n) is 1.52. The van der Waals surface area contributed by atoms with Crippen LogP contribution in [-0.4, -0.2) is 34.8 Å². The average molecular weight is 353 g/mol. The van der Waals surface area contributed by atoms with Crippen LogP contribution in [-0.2, 0) is 3.07 Å². The molecule has 0 spiro atoms. The molecule has 6 heteroatoms. The fraction of sp³-hybridized carbons (Fsp3) is 1.00. The monoisotopic (exact) mass is 353 g/mol. The van der Waals surface area contributed by atoms with Gasteiger partial charge in [0.2, 0.25) is 0 Å². The normalized spacial score (nSPS) is 14.5. The summed E-state index contributed by atoms with van der Waals surface area (Å²) in [7, 11) is 12.2. The molecule has 0 aromatic rings. The predicted molar refractivity (Wildman–Crippen MR) is 64.6 cm³/mol. The summed E-state index contributed by atoms with van der Waals surface area (Å²) in [5.74, 6) is 0.612. The molecule has 2 nitrogen and oxygen atoms in total. The molecular formula is C7H17Cl2NOSSn. The zero-order valence-corrected chi connectivity index (χ0v) is 13.2. The Morgan fingerprint density at radius 3 is 2.62 bits per heavy atom. The van der Waals surface area contributed by atoms with E-state index in [0.717, 1.165) is 17.3 Å². The molecule has 0 saturated heterocycles. The second kappa shape index (κ2) is 7.88. The zero-order chi connectivity index (χ0) is 10.3. The number of rotatable bonds is 7. The molecule has 0 aliphatic rings. The van der Waals surface area contributed by atoms with Crippen molar-refractivity contribution in [2.45, 2.75) is 30.2 Å². The van der Waals surface area contributed by atoms with Crippen LogP contribution < -0.4 is 5.73 Å². The first-order chi connectivity index (χ1) is 5.98. The van der Waals surface area contributed by atoms with Gasteiger partial charge in [0.1, 0.15) is 0 Å². The molecule has 13 heavy (non-hydrogen) atoms. The molecule has 0 aromatic heterocycles. The number of hydrogen-bond acceptors (Lipinski definition) is 3. The molecule has 0 heterocycles. The zero-order valence-electron chi connectivity index (χ0n) is 8.06. The number of nitrogens with two attached hydrogens (primary N) is 1. The van der Waals surface area contributed by atoms with Gasteiger partial charge in [-0.1, -0.05) is 0 Å². The second-order valence-corrected chi connectivity index (χ2v) is 19.2. The molecule has 0 bridgehead atoms. The molecule has 1 unspecified atom stereocenters. The number of thioether (sulfide) groups is 1. The van der Waals surface area contributed by atoms with Gasteiger partial charge >= 0.3 is 97.4 Å². The molecule has 0 rings (SSSR count). The van der Waals surface area contributed by atoms with E-state index in [1.807, 2.05) is 13.2 Å². The molecule has 2 N–H and O–H groups in total. The maximum atomic E-state index is 6.10. The van der Waals surface area contributed by atoms with E-state index in [0.29, 0.717) is 5.94 Å². The van der Waals surface area contributed by atoms with E-state index in [1.54, 1.807) is 11.8 Å². The van der Waals surface area contributed by atoms with Crippen LogP contribution >= 0.6 is 29.6 Å². The Morgan fingerprint density at radius 1 is 1.54 bits per heavy atom. The van der Waals surface area contributed by atoms with Crippen LogP contribution in [0.15, 0.2) is 0 Å². The Labute approximate surface area is 96.7 Å². The molecular weight excluding hydrogens is 336 g/mol. The molecule has 0 fully saturated rings. The van der Waals surface area contributed by atoms with Gasteiger partial charge in [-0.25, -0.2) is 0 Å². The fourth-order valence-electron chi connectivity index (χ4n) is 0.847. The summed E-state index contributed by atoms with van der Waals surface area (Å²) in [5.41, 5.74) is 5.61. The van der Waals surface area contributed by atoms with Gasteiger partial charge in [0.05, 0.1) is 0 Å². The molecule has 0 radical (unpaired) electrons. The van der Waals surface area contributed by atoms with Crippen molar-refractivity contribution >= 4 is 46.1 Å². The van der Waals surface area contributed by atoms with E-state index in [2.05, 4.69) is 0 Å². The molecule has 80 valence electrons. The van der Waals surface area contributed by atoms with Gasteiger partial charge in [-0.05, 0) is 0 Å². The van der Waals surface area contributed by atoms with E-state index >= 15 is 0 Å². The van der Waals surface area contributed by atoms with Gasteiger partial charge in [-0.2, -0.15) is 0 Å². The molecule has 0 amide bonds. The SMILES string of the molecule is CSC[O][Sn]([Cl])([Cl])[CH2]CCC(C)N. The number of halogens is 2. The molecule has 0 saturated carbocycles. The molecule has 1 atom stereocenters. The summed E-state index contributed by atoms with van der Waals surface area (Å²) >= 11 is -1.52. The minimum absolute atomic E-state index is 0.232. The van der Waals surface area contributed by atoms with Crippen LogP contribution in [0.4, 0.5) is 0 Å². The summed E-state index contributed by atoms with van der Waals surface area (Å²) in [5, 5.41) is 0. The Morgan fingerprint density at radius 2 is 2.15 bits per heavy atom. The average Bonchev–Trinajstić information content (AvgIpc) is 2.00. The van der Waals surface area contributed by atoms with E-state index in [4.69, 9.17) is 26.7 Å². The third kappa shape index (κ3) is 9.94. The first-order valence-corrected chi connectivity index (χ1v) is 16.0. The van der Waals surface area contributed by atoms with Crippen LogP contribution in [0, 0.1) is 0 Å². The van der Waals surface area contributed by atoms with Crippen molar-refractivity contribution < 1.29 is 3.07 Å². The minimum atomic E-state index is -3.13. The Bertz CT molecular complexity index is 138. The molecule has 0 aromatic carbocycles. The van der Waals surface area contributed by atoms with Crippen LogP contribution in [0.25, 0.3) is 0 Å². The summed E-state index contributed by atoms with van der Waals surface area (Å²) in [6.45, 7) is 1.99. The summed E-state index contributed by atoms with van der Waals surface area (Å²) in [6.07, 6.45) is 3.92. The Kier molecular flexibility index (Phi) is 8.88. The van der Waals surface area contributed by atoms with E-state index in [1.165, 1.54) is 0 Å². The number of hydrogen-bond donors (Lipinski definition) is 1.